The molecule has 6 N–H and O–H groups in total. The lowest BCUT2D eigenvalue weighted by Gasteiger charge is -2.36. The molecule has 2 amide bonds. The summed E-state index contributed by atoms with van der Waals surface area (Å²) in [5.41, 5.74) is 20.3. The van der Waals surface area contributed by atoms with E-state index >= 15 is 0 Å². The van der Waals surface area contributed by atoms with Crippen LogP contribution in [0.1, 0.15) is 29.2 Å². The number of guanidine groups is 1. The number of rotatable bonds is 11. The first-order valence-electron chi connectivity index (χ1n) is 15.8. The first kappa shape index (κ1) is 32.0. The lowest BCUT2D eigenvalue weighted by molar-refractivity contribution is -0.121. The number of ether oxygens (including phenoxy) is 1. The molecule has 0 saturated carbocycles. The summed E-state index contributed by atoms with van der Waals surface area (Å²) in [5, 5.41) is 0. The van der Waals surface area contributed by atoms with E-state index in [1.165, 1.54) is 12.1 Å². The van der Waals surface area contributed by atoms with Crippen LogP contribution in [0.15, 0.2) is 102 Å². The molecule has 1 aliphatic rings. The predicted octanol–water partition coefficient (Wildman–Crippen LogP) is 4.68. The van der Waals surface area contributed by atoms with Crippen molar-refractivity contribution in [1.29, 1.82) is 0 Å². The zero-order chi connectivity index (χ0) is 33.6. The van der Waals surface area contributed by atoms with Gasteiger partial charge in [0.15, 0.2) is 5.96 Å². The van der Waals surface area contributed by atoms with E-state index in [0.29, 0.717) is 85.0 Å². The van der Waals surface area contributed by atoms with Gasteiger partial charge in [0.2, 0.25) is 5.91 Å². The maximum atomic E-state index is 13.7. The molecular weight excluding hydrogens is 611 g/mol. The number of anilines is 1. The number of nitrogens with zero attached hydrogens (tertiary/aromatic N) is 5. The van der Waals surface area contributed by atoms with Gasteiger partial charge in [0.05, 0.1) is 11.0 Å². The Balaban J connectivity index is 1.31. The molecular formula is C36H37FN8O3. The fourth-order valence-electron chi connectivity index (χ4n) is 5.97. The zero-order valence-corrected chi connectivity index (χ0v) is 26.3. The summed E-state index contributed by atoms with van der Waals surface area (Å²) in [5.74, 6) is 0.825. The Morgan fingerprint density at radius 1 is 0.854 bits per heavy atom. The molecule has 5 aromatic rings. The molecule has 11 nitrogen and oxygen atoms in total. The summed E-state index contributed by atoms with van der Waals surface area (Å²) in [6.07, 6.45) is 0.867. The standard InChI is InChI=1S/C36H37FN8O3/c37-26-12-14-27(15-13-26)43-18-20-44(21-19-43)35(47)25-11-16-31-30(23-25)42-34(45(31)32(33(38)46)10-5-17-41-36(39)40)24-6-4-9-29(22-24)48-28-7-2-1-3-8-28/h1-4,6-9,11-16,22-23,32H,5,10,17-21H2,(H2,38,46)(H4,39,40,41)/t32-/m0/s1. The van der Waals surface area contributed by atoms with Gasteiger partial charge in [0.25, 0.3) is 5.91 Å². The van der Waals surface area contributed by atoms with Crippen LogP contribution in [0.2, 0.25) is 0 Å². The lowest BCUT2D eigenvalue weighted by atomic mass is 10.1. The zero-order valence-electron chi connectivity index (χ0n) is 26.3. The maximum Gasteiger partial charge on any atom is 0.254 e. The maximum absolute atomic E-state index is 13.7. The highest BCUT2D eigenvalue weighted by atomic mass is 19.1. The second kappa shape index (κ2) is 14.2. The van der Waals surface area contributed by atoms with Crippen LogP contribution in [0, 0.1) is 5.82 Å². The van der Waals surface area contributed by atoms with Crippen molar-refractivity contribution in [3.63, 3.8) is 0 Å². The Morgan fingerprint density at radius 2 is 1.58 bits per heavy atom. The monoisotopic (exact) mass is 648 g/mol. The molecule has 1 fully saturated rings. The van der Waals surface area contributed by atoms with Crippen LogP contribution < -0.4 is 26.8 Å². The summed E-state index contributed by atoms with van der Waals surface area (Å²) in [7, 11) is 0. The van der Waals surface area contributed by atoms with Gasteiger partial charge >= 0.3 is 0 Å². The van der Waals surface area contributed by atoms with E-state index in [0.717, 1.165) is 5.69 Å². The number of nitrogens with two attached hydrogens (primary N) is 3. The number of amides is 2. The van der Waals surface area contributed by atoms with E-state index in [4.69, 9.17) is 26.9 Å². The number of carbonyl (C=O) groups is 2. The fraction of sp³-hybridized carbons (Fsp3) is 0.222. The number of primary amides is 1. The van der Waals surface area contributed by atoms with Crippen molar-refractivity contribution in [3.05, 3.63) is 108 Å². The van der Waals surface area contributed by atoms with Crippen LogP contribution in [-0.4, -0.2) is 64.9 Å². The largest absolute Gasteiger partial charge is 0.457 e. The summed E-state index contributed by atoms with van der Waals surface area (Å²) in [6.45, 7) is 2.62. The van der Waals surface area contributed by atoms with Crippen molar-refractivity contribution in [2.75, 3.05) is 37.6 Å². The SMILES string of the molecule is NC(=O)[C@H](CCCN=C(N)N)n1c(-c2cccc(Oc3ccccc3)c2)nc2cc(C(=O)N3CCN(c4ccc(F)cc4)CC3)ccc21. The molecule has 0 unspecified atom stereocenters. The molecule has 2 heterocycles. The van der Waals surface area contributed by atoms with Gasteiger partial charge in [0.1, 0.15) is 29.2 Å². The minimum absolute atomic E-state index is 0.0244. The number of benzene rings is 4. The third-order valence-corrected chi connectivity index (χ3v) is 8.34. The quantitative estimate of drug-likeness (QED) is 0.107. The molecule has 1 aliphatic heterocycles. The van der Waals surface area contributed by atoms with E-state index < -0.39 is 11.9 Å². The summed E-state index contributed by atoms with van der Waals surface area (Å²) >= 11 is 0. The molecule has 1 atom stereocenters. The van der Waals surface area contributed by atoms with E-state index in [1.54, 1.807) is 29.2 Å². The van der Waals surface area contributed by atoms with Crippen molar-refractivity contribution in [3.8, 4) is 22.9 Å². The molecule has 0 radical (unpaired) electrons. The topological polar surface area (TPSA) is 158 Å². The van der Waals surface area contributed by atoms with Crippen molar-refractivity contribution in [2.45, 2.75) is 18.9 Å². The number of aliphatic imine (C=N–C) groups is 1. The van der Waals surface area contributed by atoms with Crippen molar-refractivity contribution in [2.24, 2.45) is 22.2 Å². The van der Waals surface area contributed by atoms with Crippen LogP contribution in [0.4, 0.5) is 10.1 Å². The average Bonchev–Trinajstić information content (AvgIpc) is 3.47. The van der Waals surface area contributed by atoms with Gasteiger partial charge in [-0.05, 0) is 79.6 Å². The van der Waals surface area contributed by atoms with Crippen molar-refractivity contribution >= 4 is 34.5 Å². The number of para-hydroxylation sites is 1. The number of piperazine rings is 1. The van der Waals surface area contributed by atoms with Crippen LogP contribution in [0.3, 0.4) is 0 Å². The van der Waals surface area contributed by atoms with Crippen LogP contribution in [0.5, 0.6) is 11.5 Å². The molecule has 4 aromatic carbocycles. The minimum Gasteiger partial charge on any atom is -0.457 e. The highest BCUT2D eigenvalue weighted by Gasteiger charge is 2.27. The number of carbonyl (C=O) groups excluding carboxylic acids is 2. The molecule has 0 spiro atoms. The van der Waals surface area contributed by atoms with E-state index in [2.05, 4.69) is 9.89 Å². The van der Waals surface area contributed by atoms with Gasteiger partial charge in [0, 0.05) is 49.5 Å². The predicted molar refractivity (Wildman–Crippen MR) is 184 cm³/mol. The van der Waals surface area contributed by atoms with Crippen molar-refractivity contribution in [1.82, 2.24) is 14.5 Å². The number of halogens is 1. The molecule has 0 bridgehead atoms. The van der Waals surface area contributed by atoms with Crippen LogP contribution in [-0.2, 0) is 4.79 Å². The Hall–Kier alpha value is -5.91. The normalized spacial score (nSPS) is 13.7. The number of aromatic nitrogens is 2. The Bertz CT molecular complexity index is 1930. The van der Waals surface area contributed by atoms with E-state index in [-0.39, 0.29) is 17.7 Å². The number of hydrogen-bond donors (Lipinski definition) is 3. The van der Waals surface area contributed by atoms with E-state index in [9.17, 15) is 14.0 Å². The highest BCUT2D eigenvalue weighted by molar-refractivity contribution is 5.98. The second-order valence-electron chi connectivity index (χ2n) is 11.6. The number of imidazole rings is 1. The Kier molecular flexibility index (Phi) is 9.51. The van der Waals surface area contributed by atoms with Crippen LogP contribution >= 0.6 is 0 Å². The fourth-order valence-corrected chi connectivity index (χ4v) is 5.97. The van der Waals surface area contributed by atoms with Gasteiger partial charge in [-0.2, -0.15) is 0 Å². The summed E-state index contributed by atoms with van der Waals surface area (Å²) in [6, 6.07) is 27.8. The van der Waals surface area contributed by atoms with Crippen molar-refractivity contribution < 1.29 is 18.7 Å². The molecule has 246 valence electrons. The van der Waals surface area contributed by atoms with Gasteiger partial charge in [-0.3, -0.25) is 14.6 Å². The molecule has 12 heteroatoms. The highest BCUT2D eigenvalue weighted by Crippen LogP contribution is 2.34. The lowest BCUT2D eigenvalue weighted by Crippen LogP contribution is -2.48. The number of hydrogen-bond acceptors (Lipinski definition) is 6. The van der Waals surface area contributed by atoms with Crippen LogP contribution in [0.25, 0.3) is 22.4 Å². The third kappa shape index (κ3) is 7.22. The van der Waals surface area contributed by atoms with Gasteiger partial charge in [-0.1, -0.05) is 30.3 Å². The third-order valence-electron chi connectivity index (χ3n) is 8.34. The van der Waals surface area contributed by atoms with Gasteiger partial charge < -0.3 is 36.3 Å². The summed E-state index contributed by atoms with van der Waals surface area (Å²) in [4.78, 5) is 39.6. The Labute approximate surface area is 277 Å². The Morgan fingerprint density at radius 3 is 2.29 bits per heavy atom. The van der Waals surface area contributed by atoms with E-state index in [1.807, 2.05) is 65.2 Å². The molecule has 6 rings (SSSR count). The molecule has 48 heavy (non-hydrogen) atoms. The molecule has 0 aliphatic carbocycles. The number of fused-ring (bicyclic) bond motifs is 1. The smallest absolute Gasteiger partial charge is 0.254 e. The first-order chi connectivity index (χ1) is 23.3. The minimum atomic E-state index is -0.765. The summed E-state index contributed by atoms with van der Waals surface area (Å²) < 4.78 is 21.3. The molecule has 1 saturated heterocycles. The van der Waals surface area contributed by atoms with Gasteiger partial charge in [-0.25, -0.2) is 9.37 Å². The second-order valence-corrected chi connectivity index (χ2v) is 11.6. The average molecular weight is 649 g/mol. The first-order valence-corrected chi connectivity index (χ1v) is 15.8. The van der Waals surface area contributed by atoms with Gasteiger partial charge in [-0.15, -0.1) is 0 Å². The molecule has 1 aromatic heterocycles.